The third-order valence-electron chi connectivity index (χ3n) is 2.67. The molecule has 2 rings (SSSR count). The van der Waals surface area contributed by atoms with Gasteiger partial charge in [-0.1, -0.05) is 6.42 Å². The number of hydrogen-bond acceptors (Lipinski definition) is 1. The fourth-order valence-corrected chi connectivity index (χ4v) is 2.48. The molecular weight excluding hydrogens is 136 g/mol. The number of halogens is 1. The molecule has 0 N–H and O–H groups in total. The summed E-state index contributed by atoms with van der Waals surface area (Å²) in [6.07, 6.45) is 3.80. The summed E-state index contributed by atoms with van der Waals surface area (Å²) in [7, 11) is 0. The molecule has 1 nitrogen and oxygen atoms in total. The first-order chi connectivity index (χ1) is 4.30. The highest BCUT2D eigenvalue weighted by Crippen LogP contribution is 2.58. The molecule has 0 spiro atoms. The lowest BCUT2D eigenvalue weighted by molar-refractivity contribution is -0.113. The molecule has 0 saturated heterocycles. The molecule has 2 atom stereocenters. The van der Waals surface area contributed by atoms with Crippen LogP contribution in [0.2, 0.25) is 0 Å². The van der Waals surface area contributed by atoms with Gasteiger partial charge in [0.1, 0.15) is 0 Å². The van der Waals surface area contributed by atoms with Crippen LogP contribution in [0.15, 0.2) is 0 Å². The maximum absolute atomic E-state index is 10.6. The Balaban J connectivity index is 2.02. The summed E-state index contributed by atoms with van der Waals surface area (Å²) in [5.74, 6) is 1.64. The Hall–Kier alpha value is -0.0400. The molecule has 2 heteroatoms. The topological polar surface area (TPSA) is 17.1 Å². The zero-order valence-electron chi connectivity index (χ0n) is 5.14. The van der Waals surface area contributed by atoms with Crippen LogP contribution >= 0.6 is 11.6 Å². The van der Waals surface area contributed by atoms with Crippen LogP contribution in [0.4, 0.5) is 0 Å². The second-order valence-electron chi connectivity index (χ2n) is 3.09. The summed E-state index contributed by atoms with van der Waals surface area (Å²) in [6, 6.07) is 0. The van der Waals surface area contributed by atoms with E-state index in [9.17, 15) is 4.79 Å². The van der Waals surface area contributed by atoms with Crippen molar-refractivity contribution in [1.29, 1.82) is 0 Å². The van der Waals surface area contributed by atoms with E-state index < -0.39 is 0 Å². The Kier molecular flexibility index (Phi) is 1.10. The molecule has 0 aromatic heterocycles. The number of hydrogen-bond donors (Lipinski definition) is 0. The van der Waals surface area contributed by atoms with Crippen LogP contribution in [0.3, 0.4) is 0 Å². The monoisotopic (exact) mass is 144 g/mol. The van der Waals surface area contributed by atoms with Crippen LogP contribution in [0.5, 0.6) is 0 Å². The van der Waals surface area contributed by atoms with Gasteiger partial charge in [-0.05, 0) is 36.3 Å². The van der Waals surface area contributed by atoms with E-state index in [0.717, 1.165) is 0 Å². The van der Waals surface area contributed by atoms with Crippen molar-refractivity contribution in [2.24, 2.45) is 17.8 Å². The highest BCUT2D eigenvalue weighted by molar-refractivity contribution is 6.64. The van der Waals surface area contributed by atoms with Crippen molar-refractivity contribution in [3.8, 4) is 0 Å². The third-order valence-corrected chi connectivity index (χ3v) is 2.92. The van der Waals surface area contributed by atoms with Gasteiger partial charge >= 0.3 is 0 Å². The molecule has 0 aliphatic heterocycles. The van der Waals surface area contributed by atoms with E-state index in [1.54, 1.807) is 0 Å². The Morgan fingerprint density at radius 1 is 1.33 bits per heavy atom. The second kappa shape index (κ2) is 1.72. The molecule has 2 fully saturated rings. The van der Waals surface area contributed by atoms with E-state index in [2.05, 4.69) is 0 Å². The quantitative estimate of drug-likeness (QED) is 0.513. The Bertz CT molecular complexity index is 145. The first kappa shape index (κ1) is 5.72. The molecule has 0 amide bonds. The molecule has 2 saturated carbocycles. The van der Waals surface area contributed by atoms with E-state index in [1.807, 2.05) is 0 Å². The molecule has 0 heterocycles. The summed E-state index contributed by atoms with van der Waals surface area (Å²) in [4.78, 5) is 10.6. The Labute approximate surface area is 59.4 Å². The van der Waals surface area contributed by atoms with E-state index in [1.165, 1.54) is 19.3 Å². The van der Waals surface area contributed by atoms with Crippen molar-refractivity contribution in [3.05, 3.63) is 0 Å². The molecule has 0 aromatic rings. The van der Waals surface area contributed by atoms with E-state index >= 15 is 0 Å². The van der Waals surface area contributed by atoms with E-state index in [4.69, 9.17) is 11.6 Å². The summed E-state index contributed by atoms with van der Waals surface area (Å²) >= 11 is 5.34. The normalized spacial score (nSPS) is 46.6. The molecule has 9 heavy (non-hydrogen) atoms. The number of carbonyl (C=O) groups is 1. The third kappa shape index (κ3) is 0.710. The van der Waals surface area contributed by atoms with Crippen molar-refractivity contribution < 1.29 is 4.79 Å². The number of rotatable bonds is 1. The van der Waals surface area contributed by atoms with Gasteiger partial charge in [0.15, 0.2) is 0 Å². The van der Waals surface area contributed by atoms with Gasteiger partial charge in [-0.2, -0.15) is 0 Å². The molecular formula is C7H9ClO. The second-order valence-corrected chi connectivity index (χ2v) is 3.46. The zero-order chi connectivity index (χ0) is 6.43. The minimum absolute atomic E-state index is 0.0929. The molecule has 2 aliphatic carbocycles. The van der Waals surface area contributed by atoms with E-state index in [-0.39, 0.29) is 11.2 Å². The van der Waals surface area contributed by atoms with Gasteiger partial charge in [-0.3, -0.25) is 4.79 Å². The van der Waals surface area contributed by atoms with Crippen LogP contribution in [-0.4, -0.2) is 5.24 Å². The van der Waals surface area contributed by atoms with Gasteiger partial charge < -0.3 is 0 Å². The zero-order valence-corrected chi connectivity index (χ0v) is 5.90. The van der Waals surface area contributed by atoms with Crippen molar-refractivity contribution in [2.45, 2.75) is 19.3 Å². The molecule has 2 unspecified atom stereocenters. The smallest absolute Gasteiger partial charge is 0.225 e. The number of carbonyl (C=O) groups excluding carboxylic acids is 1. The largest absolute Gasteiger partial charge is 0.281 e. The fourth-order valence-electron chi connectivity index (χ4n) is 2.16. The number of fused-ring (bicyclic) bond motifs is 1. The minimum atomic E-state index is -0.0929. The van der Waals surface area contributed by atoms with Crippen molar-refractivity contribution in [1.82, 2.24) is 0 Å². The van der Waals surface area contributed by atoms with E-state index in [0.29, 0.717) is 11.8 Å². The fraction of sp³-hybridized carbons (Fsp3) is 0.857. The maximum atomic E-state index is 10.6. The predicted octanol–water partition coefficient (Wildman–Crippen LogP) is 1.80. The summed E-state index contributed by atoms with van der Waals surface area (Å²) in [5.41, 5.74) is 0. The average Bonchev–Trinajstić information content (AvgIpc) is 2.30. The van der Waals surface area contributed by atoms with Gasteiger partial charge in [0.25, 0.3) is 0 Å². The average molecular weight is 145 g/mol. The lowest BCUT2D eigenvalue weighted by Crippen LogP contribution is -1.95. The van der Waals surface area contributed by atoms with Crippen molar-refractivity contribution in [2.75, 3.05) is 0 Å². The van der Waals surface area contributed by atoms with Crippen LogP contribution in [-0.2, 0) is 4.79 Å². The van der Waals surface area contributed by atoms with Gasteiger partial charge in [0.2, 0.25) is 5.24 Å². The SMILES string of the molecule is O=C(Cl)C1C2CCCC21. The van der Waals surface area contributed by atoms with Crippen LogP contribution in [0, 0.1) is 17.8 Å². The van der Waals surface area contributed by atoms with Gasteiger partial charge in [-0.15, -0.1) is 0 Å². The first-order valence-corrected chi connectivity index (χ1v) is 3.88. The Morgan fingerprint density at radius 3 is 2.22 bits per heavy atom. The van der Waals surface area contributed by atoms with Gasteiger partial charge in [0.05, 0.1) is 0 Å². The minimum Gasteiger partial charge on any atom is -0.281 e. The van der Waals surface area contributed by atoms with Crippen LogP contribution < -0.4 is 0 Å². The van der Waals surface area contributed by atoms with Gasteiger partial charge in [0, 0.05) is 5.92 Å². The summed E-state index contributed by atoms with van der Waals surface area (Å²) in [5, 5.41) is -0.0929. The molecule has 50 valence electrons. The lowest BCUT2D eigenvalue weighted by Gasteiger charge is -1.92. The molecule has 0 bridgehead atoms. The van der Waals surface area contributed by atoms with Crippen LogP contribution in [0.25, 0.3) is 0 Å². The standard InChI is InChI=1S/C7H9ClO/c8-7(9)6-4-2-1-3-5(4)6/h4-6H,1-3H2. The lowest BCUT2D eigenvalue weighted by atomic mass is 10.2. The molecule has 0 aromatic carbocycles. The maximum Gasteiger partial charge on any atom is 0.225 e. The first-order valence-electron chi connectivity index (χ1n) is 3.50. The van der Waals surface area contributed by atoms with Crippen LogP contribution in [0.1, 0.15) is 19.3 Å². The van der Waals surface area contributed by atoms with Crippen molar-refractivity contribution in [3.63, 3.8) is 0 Å². The summed E-state index contributed by atoms with van der Waals surface area (Å²) < 4.78 is 0. The van der Waals surface area contributed by atoms with Crippen molar-refractivity contribution >= 4 is 16.8 Å². The molecule has 0 radical (unpaired) electrons. The summed E-state index contributed by atoms with van der Waals surface area (Å²) in [6.45, 7) is 0. The highest BCUT2D eigenvalue weighted by atomic mass is 35.5. The Morgan fingerprint density at radius 2 is 1.89 bits per heavy atom. The molecule has 2 aliphatic rings. The van der Waals surface area contributed by atoms with Gasteiger partial charge in [-0.25, -0.2) is 0 Å². The predicted molar refractivity (Wildman–Crippen MR) is 35.2 cm³/mol. The highest BCUT2D eigenvalue weighted by Gasteiger charge is 2.55.